The molecule has 0 atom stereocenters. The minimum atomic E-state index is -0.515. The van der Waals surface area contributed by atoms with Crippen LogP contribution in [0.5, 0.6) is 0 Å². The van der Waals surface area contributed by atoms with E-state index in [1.165, 1.54) is 7.05 Å². The molecule has 0 aliphatic carbocycles. The molecular weight excluding hydrogens is 344 g/mol. The van der Waals surface area contributed by atoms with E-state index in [9.17, 15) is 14.4 Å². The Labute approximate surface area is 156 Å². The molecule has 0 spiro atoms. The van der Waals surface area contributed by atoms with E-state index >= 15 is 0 Å². The van der Waals surface area contributed by atoms with E-state index < -0.39 is 5.91 Å². The van der Waals surface area contributed by atoms with Crippen LogP contribution in [0.25, 0.3) is 10.8 Å². The maximum absolute atomic E-state index is 12.5. The van der Waals surface area contributed by atoms with Gasteiger partial charge in [-0.1, -0.05) is 36.4 Å². The maximum atomic E-state index is 12.5. The summed E-state index contributed by atoms with van der Waals surface area (Å²) >= 11 is 0. The van der Waals surface area contributed by atoms with Crippen LogP contribution in [0, 0.1) is 13.8 Å². The van der Waals surface area contributed by atoms with Gasteiger partial charge in [0.2, 0.25) is 5.91 Å². The van der Waals surface area contributed by atoms with Crippen LogP contribution in [0.3, 0.4) is 0 Å². The van der Waals surface area contributed by atoms with Crippen molar-refractivity contribution < 1.29 is 9.59 Å². The lowest BCUT2D eigenvalue weighted by atomic mass is 10.1. The average molecular weight is 364 g/mol. The fraction of sp³-hybridized carbons (Fsp3) is 0.200. The lowest BCUT2D eigenvalue weighted by Crippen LogP contribution is -2.35. The fourth-order valence-corrected chi connectivity index (χ4v) is 2.91. The highest BCUT2D eigenvalue weighted by molar-refractivity contribution is 6.06. The zero-order valence-electron chi connectivity index (χ0n) is 15.4. The first-order valence-electron chi connectivity index (χ1n) is 8.49. The first kappa shape index (κ1) is 18.3. The van der Waals surface area contributed by atoms with Crippen LogP contribution in [0.2, 0.25) is 0 Å². The molecule has 0 saturated carbocycles. The summed E-state index contributed by atoms with van der Waals surface area (Å²) < 4.78 is 1.12. The Hall–Kier alpha value is -3.48. The molecule has 2 amide bonds. The second kappa shape index (κ2) is 7.41. The highest BCUT2D eigenvalue weighted by Crippen LogP contribution is 2.19. The number of fused-ring (bicyclic) bond motifs is 1. The number of aryl methyl sites for hydroxylation is 3. The summed E-state index contributed by atoms with van der Waals surface area (Å²) in [7, 11) is 1.49. The number of benzene rings is 2. The van der Waals surface area contributed by atoms with Crippen molar-refractivity contribution in [3.8, 4) is 0 Å². The molecule has 0 unspecified atom stereocenters. The number of aromatic nitrogens is 2. The Morgan fingerprint density at radius 3 is 2.30 bits per heavy atom. The van der Waals surface area contributed by atoms with Crippen LogP contribution in [-0.4, -0.2) is 28.1 Å². The summed E-state index contributed by atoms with van der Waals surface area (Å²) in [5.74, 6) is -0.853. The largest absolute Gasteiger partial charge is 0.342 e. The average Bonchev–Trinajstić information content (AvgIpc) is 2.66. The number of rotatable bonds is 4. The molecule has 0 radical (unpaired) electrons. The molecule has 0 fully saturated rings. The molecule has 3 rings (SSSR count). The van der Waals surface area contributed by atoms with E-state index in [4.69, 9.17) is 0 Å². The van der Waals surface area contributed by atoms with E-state index in [2.05, 4.69) is 15.7 Å². The third-order valence-electron chi connectivity index (χ3n) is 4.33. The second-order valence-corrected chi connectivity index (χ2v) is 6.32. The van der Waals surface area contributed by atoms with E-state index in [0.29, 0.717) is 10.8 Å². The van der Waals surface area contributed by atoms with Gasteiger partial charge in [-0.15, -0.1) is 0 Å². The number of nitrogens with one attached hydrogen (secondary N) is 2. The number of para-hydroxylation sites is 1. The van der Waals surface area contributed by atoms with Gasteiger partial charge in [-0.3, -0.25) is 14.4 Å². The van der Waals surface area contributed by atoms with Crippen molar-refractivity contribution in [2.45, 2.75) is 13.8 Å². The van der Waals surface area contributed by atoms with Crippen LogP contribution in [0.4, 0.5) is 5.69 Å². The highest BCUT2D eigenvalue weighted by atomic mass is 16.2. The van der Waals surface area contributed by atoms with Crippen molar-refractivity contribution in [3.05, 3.63) is 69.6 Å². The third-order valence-corrected chi connectivity index (χ3v) is 4.33. The molecule has 27 heavy (non-hydrogen) atoms. The molecule has 138 valence electrons. The Balaban J connectivity index is 1.77. The fourth-order valence-electron chi connectivity index (χ4n) is 2.91. The molecule has 0 bridgehead atoms. The number of hydrogen-bond acceptors (Lipinski definition) is 4. The monoisotopic (exact) mass is 364 g/mol. The molecule has 3 aromatic rings. The van der Waals surface area contributed by atoms with Gasteiger partial charge in [0.1, 0.15) is 0 Å². The normalized spacial score (nSPS) is 10.6. The Kier molecular flexibility index (Phi) is 5.03. The second-order valence-electron chi connectivity index (χ2n) is 6.32. The van der Waals surface area contributed by atoms with E-state index in [0.717, 1.165) is 21.5 Å². The molecule has 0 aliphatic rings. The lowest BCUT2D eigenvalue weighted by Gasteiger charge is -2.12. The molecule has 7 nitrogen and oxygen atoms in total. The van der Waals surface area contributed by atoms with Gasteiger partial charge in [-0.2, -0.15) is 5.10 Å². The quantitative estimate of drug-likeness (QED) is 0.740. The molecule has 2 aromatic carbocycles. The summed E-state index contributed by atoms with van der Waals surface area (Å²) in [6, 6.07) is 12.5. The number of amides is 2. The zero-order chi connectivity index (χ0) is 19.6. The molecule has 0 aliphatic heterocycles. The van der Waals surface area contributed by atoms with Crippen molar-refractivity contribution in [1.29, 1.82) is 0 Å². The van der Waals surface area contributed by atoms with E-state index in [1.54, 1.807) is 24.3 Å². The Morgan fingerprint density at radius 1 is 1.00 bits per heavy atom. The number of nitrogens with zero attached hydrogens (tertiary/aromatic N) is 2. The highest BCUT2D eigenvalue weighted by Gasteiger charge is 2.16. The van der Waals surface area contributed by atoms with Crippen molar-refractivity contribution in [1.82, 2.24) is 15.1 Å². The van der Waals surface area contributed by atoms with Crippen LogP contribution in [0.1, 0.15) is 21.6 Å². The topological polar surface area (TPSA) is 93.1 Å². The van der Waals surface area contributed by atoms with Crippen molar-refractivity contribution in [2.75, 3.05) is 11.9 Å². The molecule has 1 heterocycles. The van der Waals surface area contributed by atoms with Gasteiger partial charge in [-0.25, -0.2) is 4.68 Å². The standard InChI is InChI=1S/C20H20N4O3/c1-12-7-6-8-13(2)17(12)22-16(25)11-21-19(26)18-14-9-4-5-10-15(14)20(27)24(3)23-18/h4-10H,11H2,1-3H3,(H,21,26)(H,22,25). The van der Waals surface area contributed by atoms with Crippen molar-refractivity contribution >= 4 is 28.3 Å². The number of carbonyl (C=O) groups is 2. The van der Waals surface area contributed by atoms with Crippen LogP contribution in [0.15, 0.2) is 47.3 Å². The summed E-state index contributed by atoms with van der Waals surface area (Å²) in [5.41, 5.74) is 2.45. The first-order chi connectivity index (χ1) is 12.9. The Morgan fingerprint density at radius 2 is 1.63 bits per heavy atom. The minimum Gasteiger partial charge on any atom is -0.342 e. The van der Waals surface area contributed by atoms with E-state index in [1.807, 2.05) is 32.0 Å². The number of hydrogen-bond donors (Lipinski definition) is 2. The summed E-state index contributed by atoms with van der Waals surface area (Å²) in [4.78, 5) is 36.9. The molecule has 0 saturated heterocycles. The number of anilines is 1. The third kappa shape index (κ3) is 3.72. The van der Waals surface area contributed by atoms with Gasteiger partial charge in [0.05, 0.1) is 11.9 Å². The van der Waals surface area contributed by atoms with E-state index in [-0.39, 0.29) is 23.7 Å². The predicted octanol–water partition coefficient (Wildman–Crippen LogP) is 1.92. The van der Waals surface area contributed by atoms with Gasteiger partial charge < -0.3 is 10.6 Å². The number of carbonyl (C=O) groups excluding carboxylic acids is 2. The van der Waals surface area contributed by atoms with Gasteiger partial charge >= 0.3 is 0 Å². The lowest BCUT2D eigenvalue weighted by molar-refractivity contribution is -0.115. The molecular formula is C20H20N4O3. The summed E-state index contributed by atoms with van der Waals surface area (Å²) in [6.45, 7) is 3.61. The van der Waals surface area contributed by atoms with Crippen LogP contribution >= 0.6 is 0 Å². The van der Waals surface area contributed by atoms with Crippen LogP contribution < -0.4 is 16.2 Å². The maximum Gasteiger partial charge on any atom is 0.274 e. The van der Waals surface area contributed by atoms with Gasteiger partial charge in [0.15, 0.2) is 5.69 Å². The Bertz CT molecular complexity index is 1080. The SMILES string of the molecule is Cc1cccc(C)c1NC(=O)CNC(=O)c1nn(C)c(=O)c2ccccc12. The van der Waals surface area contributed by atoms with Gasteiger partial charge in [0, 0.05) is 18.1 Å². The van der Waals surface area contributed by atoms with Gasteiger partial charge in [0.25, 0.3) is 11.5 Å². The van der Waals surface area contributed by atoms with Crippen molar-refractivity contribution in [3.63, 3.8) is 0 Å². The summed E-state index contributed by atoms with van der Waals surface area (Å²) in [6.07, 6.45) is 0. The summed E-state index contributed by atoms with van der Waals surface area (Å²) in [5, 5.41) is 10.3. The predicted molar refractivity (Wildman–Crippen MR) is 104 cm³/mol. The van der Waals surface area contributed by atoms with Gasteiger partial charge in [-0.05, 0) is 31.0 Å². The molecule has 7 heteroatoms. The minimum absolute atomic E-state index is 0.104. The molecule has 2 N–H and O–H groups in total. The first-order valence-corrected chi connectivity index (χ1v) is 8.49. The zero-order valence-corrected chi connectivity index (χ0v) is 15.4. The van der Waals surface area contributed by atoms with Crippen LogP contribution in [-0.2, 0) is 11.8 Å². The smallest absolute Gasteiger partial charge is 0.274 e. The van der Waals surface area contributed by atoms with Crippen molar-refractivity contribution in [2.24, 2.45) is 7.05 Å². The molecule has 1 aromatic heterocycles.